The molecule has 2 aliphatic rings. The number of nitrogens with one attached hydrogen (secondary N) is 2. The average Bonchev–Trinajstić information content (AvgIpc) is 3.21. The van der Waals surface area contributed by atoms with Crippen molar-refractivity contribution in [2.24, 2.45) is 4.99 Å². The first-order chi connectivity index (χ1) is 15.3. The third-order valence-corrected chi connectivity index (χ3v) is 6.82. The number of amides is 1. The lowest BCUT2D eigenvalue weighted by atomic mass is 9.99. The number of benzodiazepines with no additional fused rings is 1. The number of likely N-dealkylation sites (N-methyl/N-ethyl adjacent to an activating group) is 1. The molecule has 3 N–H and O–H groups in total. The van der Waals surface area contributed by atoms with Crippen LogP contribution in [0.2, 0.25) is 10.0 Å². The van der Waals surface area contributed by atoms with Crippen LogP contribution in [0.4, 0.5) is 5.69 Å². The van der Waals surface area contributed by atoms with E-state index >= 15 is 0 Å². The van der Waals surface area contributed by atoms with Gasteiger partial charge in [0, 0.05) is 28.2 Å². The number of rotatable bonds is 4. The second-order valence-corrected chi connectivity index (χ2v) is 9.41. The van der Waals surface area contributed by atoms with Crippen molar-refractivity contribution in [3.63, 3.8) is 0 Å². The Kier molecular flexibility index (Phi) is 6.72. The predicted molar refractivity (Wildman–Crippen MR) is 133 cm³/mol. The zero-order chi connectivity index (χ0) is 22.9. The van der Waals surface area contributed by atoms with Crippen LogP contribution < -0.4 is 15.5 Å². The molecule has 1 fully saturated rings. The molecule has 1 unspecified atom stereocenters. The van der Waals surface area contributed by atoms with Gasteiger partial charge in [-0.2, -0.15) is 0 Å². The Morgan fingerprint density at radius 2 is 1.94 bits per heavy atom. The molecular formula is C23H24Cl2N4O2S. The SMILES string of the molecule is CN1C(=O)C(NC(=S)NC2(CO)CCCC2)N=C(c2ccccc2Cl)c2cc(Cl)ccc21. The predicted octanol–water partition coefficient (Wildman–Crippen LogP) is 3.90. The minimum absolute atomic E-state index is 0.0224. The number of aliphatic hydroxyl groups is 1. The van der Waals surface area contributed by atoms with Crippen molar-refractivity contribution in [1.82, 2.24) is 10.6 Å². The fourth-order valence-corrected chi connectivity index (χ4v) is 5.01. The summed E-state index contributed by atoms with van der Waals surface area (Å²) >= 11 is 18.3. The van der Waals surface area contributed by atoms with Gasteiger partial charge in [0.05, 0.1) is 23.5 Å². The largest absolute Gasteiger partial charge is 0.394 e. The van der Waals surface area contributed by atoms with E-state index in [-0.39, 0.29) is 17.6 Å². The molecule has 1 aliphatic carbocycles. The van der Waals surface area contributed by atoms with Gasteiger partial charge < -0.3 is 20.6 Å². The Bertz CT molecular complexity index is 1090. The third-order valence-electron chi connectivity index (χ3n) is 6.04. The molecule has 2 aromatic carbocycles. The van der Waals surface area contributed by atoms with Crippen LogP contribution in [0, 0.1) is 0 Å². The van der Waals surface area contributed by atoms with E-state index in [1.165, 1.54) is 4.90 Å². The lowest BCUT2D eigenvalue weighted by molar-refractivity contribution is -0.119. The topological polar surface area (TPSA) is 77.0 Å². The van der Waals surface area contributed by atoms with E-state index in [1.54, 1.807) is 31.3 Å². The Labute approximate surface area is 202 Å². The maximum Gasteiger partial charge on any atom is 0.272 e. The van der Waals surface area contributed by atoms with Crippen LogP contribution in [0.25, 0.3) is 0 Å². The molecule has 0 aromatic heterocycles. The highest BCUT2D eigenvalue weighted by molar-refractivity contribution is 7.80. The summed E-state index contributed by atoms with van der Waals surface area (Å²) in [6.07, 6.45) is 2.71. The van der Waals surface area contributed by atoms with Gasteiger partial charge in [-0.3, -0.25) is 4.79 Å². The standard InChI is InChI=1S/C23H24Cl2N4O2S/c1-29-18-9-8-14(24)12-16(18)19(15-6-2-3-7-17(15)25)26-20(21(29)31)27-22(32)28-23(13-30)10-4-5-11-23/h2-3,6-9,12,20,30H,4-5,10-11,13H2,1H3,(H2,27,28,32). The van der Waals surface area contributed by atoms with Crippen molar-refractivity contribution < 1.29 is 9.90 Å². The van der Waals surface area contributed by atoms with E-state index < -0.39 is 11.7 Å². The third kappa shape index (κ3) is 4.48. The van der Waals surface area contributed by atoms with Gasteiger partial charge in [-0.15, -0.1) is 0 Å². The molecule has 1 heterocycles. The highest BCUT2D eigenvalue weighted by Gasteiger charge is 2.36. The van der Waals surface area contributed by atoms with Crippen molar-refractivity contribution in [2.45, 2.75) is 37.4 Å². The zero-order valence-corrected chi connectivity index (χ0v) is 19.9. The smallest absolute Gasteiger partial charge is 0.272 e. The number of hydrogen-bond donors (Lipinski definition) is 3. The number of nitrogens with zero attached hydrogens (tertiary/aromatic N) is 2. The van der Waals surface area contributed by atoms with E-state index in [9.17, 15) is 9.90 Å². The van der Waals surface area contributed by atoms with E-state index in [4.69, 9.17) is 40.4 Å². The number of aliphatic imine (C=N–C) groups is 1. The number of benzene rings is 2. The molecule has 9 heteroatoms. The van der Waals surface area contributed by atoms with Gasteiger partial charge in [0.25, 0.3) is 5.91 Å². The molecule has 0 bridgehead atoms. The second-order valence-electron chi connectivity index (χ2n) is 8.16. The van der Waals surface area contributed by atoms with Crippen LogP contribution in [0.3, 0.4) is 0 Å². The van der Waals surface area contributed by atoms with Gasteiger partial charge in [0.1, 0.15) is 0 Å². The van der Waals surface area contributed by atoms with Crippen molar-refractivity contribution in [1.29, 1.82) is 0 Å². The summed E-state index contributed by atoms with van der Waals surface area (Å²) in [6, 6.07) is 12.6. The molecule has 1 aliphatic heterocycles. The van der Waals surface area contributed by atoms with E-state index in [0.29, 0.717) is 32.6 Å². The highest BCUT2D eigenvalue weighted by Crippen LogP contribution is 2.32. The Morgan fingerprint density at radius 3 is 2.62 bits per heavy atom. The number of fused-ring (bicyclic) bond motifs is 1. The van der Waals surface area contributed by atoms with Gasteiger partial charge in [0.2, 0.25) is 6.17 Å². The fourth-order valence-electron chi connectivity index (χ4n) is 4.28. The molecule has 6 nitrogen and oxygen atoms in total. The van der Waals surface area contributed by atoms with Crippen LogP contribution in [0.15, 0.2) is 47.5 Å². The minimum atomic E-state index is -0.977. The Hall–Kier alpha value is -2.19. The molecule has 0 radical (unpaired) electrons. The molecule has 0 saturated heterocycles. The summed E-state index contributed by atoms with van der Waals surface area (Å²) in [5, 5.41) is 17.5. The van der Waals surface area contributed by atoms with Gasteiger partial charge in [-0.25, -0.2) is 4.99 Å². The van der Waals surface area contributed by atoms with Gasteiger partial charge >= 0.3 is 0 Å². The van der Waals surface area contributed by atoms with Gasteiger partial charge in [-0.1, -0.05) is 54.2 Å². The van der Waals surface area contributed by atoms with Crippen LogP contribution >= 0.6 is 35.4 Å². The summed E-state index contributed by atoms with van der Waals surface area (Å²) in [6.45, 7) is -0.0224. The van der Waals surface area contributed by atoms with E-state index in [1.807, 2.05) is 18.2 Å². The molecule has 168 valence electrons. The summed E-state index contributed by atoms with van der Waals surface area (Å²) in [5.41, 5.74) is 2.14. The first-order valence-electron chi connectivity index (χ1n) is 10.4. The first-order valence-corrected chi connectivity index (χ1v) is 11.6. The van der Waals surface area contributed by atoms with E-state index in [0.717, 1.165) is 25.7 Å². The first kappa shape index (κ1) is 23.0. The normalized spacial score (nSPS) is 19.8. The average molecular weight is 491 g/mol. The van der Waals surface area contributed by atoms with Crippen molar-refractivity contribution in [2.75, 3.05) is 18.6 Å². The minimum Gasteiger partial charge on any atom is -0.394 e. The molecule has 1 atom stereocenters. The molecule has 1 saturated carbocycles. The zero-order valence-electron chi connectivity index (χ0n) is 17.6. The quantitative estimate of drug-likeness (QED) is 0.566. The number of hydrogen-bond acceptors (Lipinski definition) is 4. The Balaban J connectivity index is 1.73. The molecule has 0 spiro atoms. The highest BCUT2D eigenvalue weighted by atomic mass is 35.5. The number of carbonyl (C=O) groups excluding carboxylic acids is 1. The number of halogens is 2. The monoisotopic (exact) mass is 490 g/mol. The lowest BCUT2D eigenvalue weighted by Gasteiger charge is -2.30. The molecule has 1 amide bonds. The molecular weight excluding hydrogens is 467 g/mol. The number of carbonyl (C=O) groups is 1. The molecule has 4 rings (SSSR count). The maximum absolute atomic E-state index is 13.3. The maximum atomic E-state index is 13.3. The summed E-state index contributed by atoms with van der Waals surface area (Å²) in [4.78, 5) is 19.6. The Morgan fingerprint density at radius 1 is 1.22 bits per heavy atom. The number of aliphatic hydroxyl groups excluding tert-OH is 1. The van der Waals surface area contributed by atoms with Gasteiger partial charge in [0.15, 0.2) is 5.11 Å². The van der Waals surface area contributed by atoms with Crippen molar-refractivity contribution >= 4 is 57.8 Å². The van der Waals surface area contributed by atoms with Crippen LogP contribution in [0.1, 0.15) is 36.8 Å². The molecule has 2 aromatic rings. The van der Waals surface area contributed by atoms with E-state index in [2.05, 4.69) is 10.6 Å². The molecule has 32 heavy (non-hydrogen) atoms. The lowest BCUT2D eigenvalue weighted by Crippen LogP contribution is -2.56. The summed E-state index contributed by atoms with van der Waals surface area (Å²) in [7, 11) is 1.69. The van der Waals surface area contributed by atoms with Crippen LogP contribution in [-0.2, 0) is 4.79 Å². The van der Waals surface area contributed by atoms with Crippen LogP contribution in [-0.4, -0.2) is 47.2 Å². The van der Waals surface area contributed by atoms with Gasteiger partial charge in [-0.05, 0) is 49.3 Å². The van der Waals surface area contributed by atoms with Crippen LogP contribution in [0.5, 0.6) is 0 Å². The summed E-state index contributed by atoms with van der Waals surface area (Å²) in [5.74, 6) is -0.274. The van der Waals surface area contributed by atoms with Crippen molar-refractivity contribution in [3.8, 4) is 0 Å². The number of thiocarbonyl (C=S) groups is 1. The second kappa shape index (κ2) is 9.35. The van der Waals surface area contributed by atoms with Crippen molar-refractivity contribution in [3.05, 3.63) is 63.6 Å². The fraction of sp³-hybridized carbons (Fsp3) is 0.348. The summed E-state index contributed by atoms with van der Waals surface area (Å²) < 4.78 is 0. The number of anilines is 1.